The highest BCUT2D eigenvalue weighted by Gasteiger charge is 2.29. The van der Waals surface area contributed by atoms with Crippen molar-refractivity contribution in [3.63, 3.8) is 0 Å². The highest BCUT2D eigenvalue weighted by Crippen LogP contribution is 2.28. The van der Waals surface area contributed by atoms with Gasteiger partial charge in [-0.3, -0.25) is 4.90 Å². The van der Waals surface area contributed by atoms with Gasteiger partial charge in [0.25, 0.3) is 0 Å². The van der Waals surface area contributed by atoms with Crippen molar-refractivity contribution < 1.29 is 0 Å². The molecule has 1 heterocycles. The molecule has 1 aliphatic heterocycles. The van der Waals surface area contributed by atoms with Gasteiger partial charge in [-0.2, -0.15) is 0 Å². The normalized spacial score (nSPS) is 27.6. The predicted molar refractivity (Wildman–Crippen MR) is 73.3 cm³/mol. The zero-order chi connectivity index (χ0) is 11.4. The summed E-state index contributed by atoms with van der Waals surface area (Å²) in [4.78, 5) is 5.26. The van der Waals surface area contributed by atoms with Crippen molar-refractivity contribution in [2.75, 3.05) is 32.0 Å². The number of piperidine rings is 1. The summed E-state index contributed by atoms with van der Waals surface area (Å²) in [6.45, 7) is 3.86. The molecule has 2 aliphatic rings. The van der Waals surface area contributed by atoms with Crippen molar-refractivity contribution in [3.05, 3.63) is 0 Å². The lowest BCUT2D eigenvalue weighted by Crippen LogP contribution is -2.39. The number of hydrogen-bond acceptors (Lipinski definition) is 2. The van der Waals surface area contributed by atoms with Gasteiger partial charge in [-0.1, -0.05) is 22.4 Å². The predicted octanol–water partition coefficient (Wildman–Crippen LogP) is 2.72. The second-order valence-electron chi connectivity index (χ2n) is 5.38. The Morgan fingerprint density at radius 3 is 2.62 bits per heavy atom. The van der Waals surface area contributed by atoms with E-state index in [1.54, 1.807) is 0 Å². The Labute approximate surface area is 108 Å². The smallest absolute Gasteiger partial charge is 0.0159 e. The molecule has 16 heavy (non-hydrogen) atoms. The van der Waals surface area contributed by atoms with E-state index in [0.29, 0.717) is 0 Å². The molecule has 0 spiro atoms. The summed E-state index contributed by atoms with van der Waals surface area (Å²) >= 11 is 3.57. The van der Waals surface area contributed by atoms with Gasteiger partial charge in [-0.05, 0) is 52.2 Å². The van der Waals surface area contributed by atoms with E-state index in [1.165, 1.54) is 58.2 Å². The summed E-state index contributed by atoms with van der Waals surface area (Å²) in [7, 11) is 2.30. The largest absolute Gasteiger partial charge is 0.303 e. The van der Waals surface area contributed by atoms with Gasteiger partial charge < -0.3 is 4.90 Å². The van der Waals surface area contributed by atoms with Crippen LogP contribution in [-0.4, -0.2) is 53.9 Å². The minimum absolute atomic E-state index is 0.852. The van der Waals surface area contributed by atoms with Crippen LogP contribution in [0, 0.1) is 0 Å². The first-order valence-corrected chi connectivity index (χ1v) is 7.93. The maximum Gasteiger partial charge on any atom is 0.0159 e. The summed E-state index contributed by atoms with van der Waals surface area (Å²) in [5.41, 5.74) is 0. The molecular formula is C13H25BrN2. The summed E-state index contributed by atoms with van der Waals surface area (Å²) in [5, 5.41) is 1.13. The fourth-order valence-corrected chi connectivity index (χ4v) is 3.30. The van der Waals surface area contributed by atoms with E-state index >= 15 is 0 Å². The Morgan fingerprint density at radius 1 is 1.19 bits per heavy atom. The zero-order valence-corrected chi connectivity index (χ0v) is 12.1. The molecular weight excluding hydrogens is 264 g/mol. The van der Waals surface area contributed by atoms with Crippen LogP contribution in [-0.2, 0) is 0 Å². The monoisotopic (exact) mass is 288 g/mol. The molecule has 0 N–H and O–H groups in total. The van der Waals surface area contributed by atoms with E-state index in [1.807, 2.05) is 0 Å². The Kier molecular flexibility index (Phi) is 5.11. The van der Waals surface area contributed by atoms with Crippen LogP contribution < -0.4 is 0 Å². The fourth-order valence-electron chi connectivity index (χ4n) is 2.85. The van der Waals surface area contributed by atoms with Gasteiger partial charge in [0.2, 0.25) is 0 Å². The molecule has 2 fully saturated rings. The first kappa shape index (κ1) is 12.8. The van der Waals surface area contributed by atoms with Crippen LogP contribution in [0.15, 0.2) is 0 Å². The summed E-state index contributed by atoms with van der Waals surface area (Å²) in [5.74, 6) is 0. The van der Waals surface area contributed by atoms with Gasteiger partial charge in [-0.25, -0.2) is 0 Å². The molecule has 1 aliphatic carbocycles. The molecule has 1 saturated heterocycles. The highest BCUT2D eigenvalue weighted by atomic mass is 79.9. The third-order valence-corrected chi connectivity index (χ3v) is 4.46. The molecule has 1 atom stereocenters. The van der Waals surface area contributed by atoms with Crippen molar-refractivity contribution in [1.82, 2.24) is 9.80 Å². The molecule has 0 aromatic heterocycles. The van der Waals surface area contributed by atoms with E-state index < -0.39 is 0 Å². The summed E-state index contributed by atoms with van der Waals surface area (Å²) in [6.07, 6.45) is 8.52. The summed E-state index contributed by atoms with van der Waals surface area (Å²) < 4.78 is 0. The minimum Gasteiger partial charge on any atom is -0.303 e. The number of rotatable bonds is 6. The maximum atomic E-state index is 3.57. The van der Waals surface area contributed by atoms with Crippen LogP contribution in [0.5, 0.6) is 0 Å². The molecule has 0 bridgehead atoms. The van der Waals surface area contributed by atoms with E-state index in [0.717, 1.165) is 17.4 Å². The number of halogens is 1. The van der Waals surface area contributed by atoms with Crippen LogP contribution in [0.25, 0.3) is 0 Å². The standard InChI is InChI=1S/C13H25BrN2/c1-15-9-3-2-4-12(15)7-10-16(11-8-14)13-5-6-13/h12-13H,2-11H2,1H3. The first-order valence-electron chi connectivity index (χ1n) is 6.81. The van der Waals surface area contributed by atoms with E-state index in [2.05, 4.69) is 32.8 Å². The van der Waals surface area contributed by atoms with Gasteiger partial charge in [-0.15, -0.1) is 0 Å². The second-order valence-corrected chi connectivity index (χ2v) is 6.17. The van der Waals surface area contributed by atoms with Crippen LogP contribution in [0.4, 0.5) is 0 Å². The molecule has 3 heteroatoms. The van der Waals surface area contributed by atoms with Gasteiger partial charge >= 0.3 is 0 Å². The number of likely N-dealkylation sites (tertiary alicyclic amines) is 1. The van der Waals surface area contributed by atoms with Crippen molar-refractivity contribution in [2.45, 2.75) is 50.6 Å². The quantitative estimate of drug-likeness (QED) is 0.694. The molecule has 94 valence electrons. The Bertz CT molecular complexity index is 202. The molecule has 0 radical (unpaired) electrons. The molecule has 0 amide bonds. The molecule has 2 rings (SSSR count). The molecule has 1 saturated carbocycles. The van der Waals surface area contributed by atoms with Crippen LogP contribution in [0.1, 0.15) is 38.5 Å². The lowest BCUT2D eigenvalue weighted by Gasteiger charge is -2.34. The van der Waals surface area contributed by atoms with E-state index in [-0.39, 0.29) is 0 Å². The Hall–Kier alpha value is 0.400. The second kappa shape index (κ2) is 6.36. The van der Waals surface area contributed by atoms with E-state index in [9.17, 15) is 0 Å². The maximum absolute atomic E-state index is 3.57. The molecule has 1 unspecified atom stereocenters. The molecule has 0 aromatic carbocycles. The molecule has 2 nitrogen and oxygen atoms in total. The van der Waals surface area contributed by atoms with Crippen LogP contribution in [0.3, 0.4) is 0 Å². The highest BCUT2D eigenvalue weighted by molar-refractivity contribution is 9.09. The van der Waals surface area contributed by atoms with Crippen LogP contribution in [0.2, 0.25) is 0 Å². The van der Waals surface area contributed by atoms with Crippen molar-refractivity contribution in [2.24, 2.45) is 0 Å². The Morgan fingerprint density at radius 2 is 2.00 bits per heavy atom. The van der Waals surface area contributed by atoms with Crippen LogP contribution >= 0.6 is 15.9 Å². The van der Waals surface area contributed by atoms with Crippen molar-refractivity contribution >= 4 is 15.9 Å². The lowest BCUT2D eigenvalue weighted by molar-refractivity contribution is 0.153. The Balaban J connectivity index is 1.71. The average Bonchev–Trinajstić information content (AvgIpc) is 3.10. The topological polar surface area (TPSA) is 6.48 Å². The summed E-state index contributed by atoms with van der Waals surface area (Å²) in [6, 6.07) is 1.77. The van der Waals surface area contributed by atoms with Gasteiger partial charge in [0.05, 0.1) is 0 Å². The number of hydrogen-bond donors (Lipinski definition) is 0. The average molecular weight is 289 g/mol. The fraction of sp³-hybridized carbons (Fsp3) is 1.00. The third-order valence-electron chi connectivity index (χ3n) is 4.11. The number of nitrogens with zero attached hydrogens (tertiary/aromatic N) is 2. The SMILES string of the molecule is CN1CCCCC1CCN(CCBr)C1CC1. The van der Waals surface area contributed by atoms with E-state index in [4.69, 9.17) is 0 Å². The van der Waals surface area contributed by atoms with Gasteiger partial charge in [0.15, 0.2) is 0 Å². The van der Waals surface area contributed by atoms with Gasteiger partial charge in [0.1, 0.15) is 0 Å². The lowest BCUT2D eigenvalue weighted by atomic mass is 10.00. The first-order chi connectivity index (χ1) is 7.81. The van der Waals surface area contributed by atoms with Crippen molar-refractivity contribution in [1.29, 1.82) is 0 Å². The minimum atomic E-state index is 0.852. The van der Waals surface area contributed by atoms with Crippen molar-refractivity contribution in [3.8, 4) is 0 Å². The number of alkyl halides is 1. The third kappa shape index (κ3) is 3.71. The molecule has 0 aromatic rings. The van der Waals surface area contributed by atoms with Gasteiger partial charge in [0, 0.05) is 24.0 Å². The zero-order valence-electron chi connectivity index (χ0n) is 10.5.